The molecule has 0 N–H and O–H groups in total. The van der Waals surface area contributed by atoms with Crippen molar-refractivity contribution in [2.24, 2.45) is 0 Å². The number of sulfone groups is 1. The van der Waals surface area contributed by atoms with E-state index >= 15 is 0 Å². The lowest BCUT2D eigenvalue weighted by Gasteiger charge is -2.09. The summed E-state index contributed by atoms with van der Waals surface area (Å²) in [6.07, 6.45) is 2.59. The zero-order chi connectivity index (χ0) is 26.0. The van der Waals surface area contributed by atoms with Gasteiger partial charge >= 0.3 is 0 Å². The average Bonchev–Trinajstić information content (AvgIpc) is 3.64. The number of aromatic nitrogens is 2. The first kappa shape index (κ1) is 25.9. The van der Waals surface area contributed by atoms with Crippen LogP contribution in [-0.4, -0.2) is 43.8 Å². The number of thiophene rings is 1. The second kappa shape index (κ2) is 10.9. The number of ketones is 1. The number of aryl methyl sites for hydroxylation is 1. The van der Waals surface area contributed by atoms with E-state index < -0.39 is 9.84 Å². The predicted octanol–water partition coefficient (Wildman–Crippen LogP) is 5.46. The summed E-state index contributed by atoms with van der Waals surface area (Å²) in [5, 5.41) is 5.40. The van der Waals surface area contributed by atoms with Crippen molar-refractivity contribution in [1.82, 2.24) is 9.78 Å². The molecule has 37 heavy (non-hydrogen) atoms. The Bertz CT molecular complexity index is 1540. The molecular formula is C27H27ClN2O5S2. The first-order valence-electron chi connectivity index (χ1n) is 12.1. The smallest absolute Gasteiger partial charge is 0.193 e. The highest BCUT2D eigenvalue weighted by molar-refractivity contribution is 7.92. The molecule has 1 fully saturated rings. The highest BCUT2D eigenvalue weighted by atomic mass is 35.5. The summed E-state index contributed by atoms with van der Waals surface area (Å²) in [7, 11) is -2.08. The maximum absolute atomic E-state index is 13.1. The third kappa shape index (κ3) is 5.75. The van der Waals surface area contributed by atoms with E-state index in [4.69, 9.17) is 26.2 Å². The minimum absolute atomic E-state index is 0.158. The first-order chi connectivity index (χ1) is 17.8. The average molecular weight is 559 g/mol. The normalized spacial score (nSPS) is 15.9. The van der Waals surface area contributed by atoms with Crippen LogP contribution in [0.4, 0.5) is 0 Å². The number of benzene rings is 2. The molecule has 2 aromatic carbocycles. The number of Topliss-reactive ketones (excluding diaryl/α,β-unsaturated/α-hetero) is 1. The van der Waals surface area contributed by atoms with Crippen LogP contribution < -0.4 is 4.74 Å². The summed E-state index contributed by atoms with van der Waals surface area (Å²) in [4.78, 5) is 12.4. The molecule has 0 spiro atoms. The molecule has 0 radical (unpaired) electrons. The minimum Gasteiger partial charge on any atom is -0.496 e. The summed E-state index contributed by atoms with van der Waals surface area (Å²) in [6.45, 7) is 1.11. The molecule has 0 saturated carbocycles. The van der Waals surface area contributed by atoms with E-state index in [0.29, 0.717) is 47.2 Å². The topological polar surface area (TPSA) is 87.5 Å². The van der Waals surface area contributed by atoms with Gasteiger partial charge in [0.2, 0.25) is 0 Å². The Labute approximate surface area is 224 Å². The van der Waals surface area contributed by atoms with Crippen molar-refractivity contribution in [3.63, 3.8) is 0 Å². The number of nitrogens with zero attached hydrogens (tertiary/aromatic N) is 2. The number of methoxy groups -OCH3 is 1. The van der Waals surface area contributed by atoms with E-state index in [2.05, 4.69) is 6.07 Å². The Kier molecular flexibility index (Phi) is 7.67. The molecule has 0 aliphatic carbocycles. The largest absolute Gasteiger partial charge is 0.496 e. The Hall–Kier alpha value is -2.72. The van der Waals surface area contributed by atoms with Gasteiger partial charge < -0.3 is 9.47 Å². The van der Waals surface area contributed by atoms with Gasteiger partial charge in [-0.2, -0.15) is 5.10 Å². The lowest BCUT2D eigenvalue weighted by molar-refractivity contribution is -0.127. The molecule has 1 saturated heterocycles. The maximum atomic E-state index is 13.1. The van der Waals surface area contributed by atoms with Crippen LogP contribution >= 0.6 is 22.9 Å². The van der Waals surface area contributed by atoms with E-state index in [0.717, 1.165) is 40.8 Å². The van der Waals surface area contributed by atoms with Crippen molar-refractivity contribution in [2.45, 2.75) is 48.3 Å². The van der Waals surface area contributed by atoms with Gasteiger partial charge in [0.25, 0.3) is 0 Å². The molecule has 194 valence electrons. The highest BCUT2D eigenvalue weighted by Crippen LogP contribution is 2.33. The molecule has 0 bridgehead atoms. The molecule has 0 amide bonds. The van der Waals surface area contributed by atoms with Crippen LogP contribution in [0.1, 0.15) is 36.1 Å². The van der Waals surface area contributed by atoms with Crippen molar-refractivity contribution in [2.75, 3.05) is 13.7 Å². The van der Waals surface area contributed by atoms with Gasteiger partial charge in [0.05, 0.1) is 34.6 Å². The van der Waals surface area contributed by atoms with Crippen LogP contribution in [0.5, 0.6) is 5.75 Å². The van der Waals surface area contributed by atoms with E-state index in [9.17, 15) is 13.2 Å². The predicted molar refractivity (Wildman–Crippen MR) is 144 cm³/mol. The van der Waals surface area contributed by atoms with Crippen molar-refractivity contribution in [3.05, 3.63) is 75.8 Å². The van der Waals surface area contributed by atoms with Gasteiger partial charge in [0.1, 0.15) is 21.8 Å². The van der Waals surface area contributed by atoms with Gasteiger partial charge in [-0.3, -0.25) is 9.48 Å². The number of carbonyl (C=O) groups excluding carboxylic acids is 1. The molecule has 5 rings (SSSR count). The number of hydrogen-bond acceptors (Lipinski definition) is 7. The zero-order valence-electron chi connectivity index (χ0n) is 20.4. The summed E-state index contributed by atoms with van der Waals surface area (Å²) >= 11 is 7.02. The first-order valence-corrected chi connectivity index (χ1v) is 14.9. The molecule has 2 aromatic heterocycles. The van der Waals surface area contributed by atoms with Gasteiger partial charge in [-0.1, -0.05) is 41.9 Å². The number of halogens is 1. The fourth-order valence-corrected chi connectivity index (χ4v) is 7.55. The number of hydrogen-bond donors (Lipinski definition) is 0. The maximum Gasteiger partial charge on any atom is 0.193 e. The highest BCUT2D eigenvalue weighted by Gasteiger charge is 2.25. The van der Waals surface area contributed by atoms with E-state index in [1.165, 1.54) is 6.07 Å². The van der Waals surface area contributed by atoms with Crippen LogP contribution in [0.25, 0.3) is 10.9 Å². The second-order valence-corrected chi connectivity index (χ2v) is 13.0. The van der Waals surface area contributed by atoms with E-state index in [-0.39, 0.29) is 21.8 Å². The molecule has 10 heteroatoms. The summed E-state index contributed by atoms with van der Waals surface area (Å²) in [5.41, 5.74) is 3.28. The van der Waals surface area contributed by atoms with Crippen molar-refractivity contribution < 1.29 is 22.7 Å². The van der Waals surface area contributed by atoms with Crippen LogP contribution in [0.15, 0.2) is 58.8 Å². The fourth-order valence-electron chi connectivity index (χ4n) is 4.70. The quantitative estimate of drug-likeness (QED) is 0.257. The molecule has 4 aromatic rings. The van der Waals surface area contributed by atoms with Crippen LogP contribution in [-0.2, 0) is 38.1 Å². The van der Waals surface area contributed by atoms with Gasteiger partial charge in [-0.05, 0) is 54.7 Å². The van der Waals surface area contributed by atoms with Gasteiger partial charge in [0.15, 0.2) is 15.6 Å². The molecule has 1 atom stereocenters. The Morgan fingerprint density at radius 1 is 1.19 bits per heavy atom. The Balaban J connectivity index is 1.41. The number of fused-ring (bicyclic) bond motifs is 1. The third-order valence-electron chi connectivity index (χ3n) is 6.49. The van der Waals surface area contributed by atoms with Crippen molar-refractivity contribution in [3.8, 4) is 5.75 Å². The minimum atomic E-state index is -3.64. The Morgan fingerprint density at radius 3 is 2.73 bits per heavy atom. The van der Waals surface area contributed by atoms with Crippen molar-refractivity contribution in [1.29, 1.82) is 0 Å². The number of ether oxygens (including phenoxy) is 2. The van der Waals surface area contributed by atoms with Gasteiger partial charge in [-0.25, -0.2) is 8.42 Å². The van der Waals surface area contributed by atoms with Gasteiger partial charge in [0, 0.05) is 13.0 Å². The van der Waals surface area contributed by atoms with E-state index in [1.807, 2.05) is 30.3 Å². The third-order valence-corrected chi connectivity index (χ3v) is 9.93. The van der Waals surface area contributed by atoms with E-state index in [1.54, 1.807) is 23.9 Å². The molecule has 7 nitrogen and oxygen atoms in total. The lowest BCUT2D eigenvalue weighted by Crippen LogP contribution is -2.19. The second-order valence-electron chi connectivity index (χ2n) is 9.06. The van der Waals surface area contributed by atoms with Crippen LogP contribution in [0.3, 0.4) is 0 Å². The summed E-state index contributed by atoms with van der Waals surface area (Å²) in [6, 6.07) is 16.7. The molecule has 3 heterocycles. The zero-order valence-corrected chi connectivity index (χ0v) is 22.7. The number of carbonyl (C=O) groups is 1. The monoisotopic (exact) mass is 558 g/mol. The molecular weight excluding hydrogens is 532 g/mol. The summed E-state index contributed by atoms with van der Waals surface area (Å²) in [5.74, 6) is 0.463. The van der Waals surface area contributed by atoms with Crippen LogP contribution in [0, 0.1) is 0 Å². The molecule has 1 unspecified atom stereocenters. The fraction of sp³-hybridized carbons (Fsp3) is 0.333. The van der Waals surface area contributed by atoms with Crippen LogP contribution in [0.2, 0.25) is 4.34 Å². The SMILES string of the molecule is COc1cccc2c1c(CS(=O)(=O)c1ccc(Cl)s1)nn2Cc1cccc(CCC(=O)C2CCCO2)c1. The summed E-state index contributed by atoms with van der Waals surface area (Å²) < 4.78 is 39.7. The Morgan fingerprint density at radius 2 is 2.00 bits per heavy atom. The molecule has 1 aliphatic rings. The number of rotatable bonds is 10. The standard InChI is InChI=1S/C27H27ClN2O5S2/c1-34-24-8-3-7-21-27(24)20(17-37(32,33)26-13-12-25(28)36-26)29-30(21)16-19-6-2-5-18(15-19)10-11-22(31)23-9-4-14-35-23/h2-3,5-8,12-13,15,23H,4,9-11,14,16-17H2,1H3. The van der Waals surface area contributed by atoms with Crippen molar-refractivity contribution >= 4 is 49.5 Å². The van der Waals surface area contributed by atoms with Gasteiger partial charge in [-0.15, -0.1) is 11.3 Å². The lowest BCUT2D eigenvalue weighted by atomic mass is 10.0. The molecule has 1 aliphatic heterocycles.